The van der Waals surface area contributed by atoms with Crippen LogP contribution in [-0.4, -0.2) is 41.5 Å². The molecule has 1 fully saturated rings. The number of rotatable bonds is 2. The summed E-state index contributed by atoms with van der Waals surface area (Å²) in [5.74, 6) is -0.523. The Morgan fingerprint density at radius 3 is 2.94 bits per heavy atom. The topological polar surface area (TPSA) is 59.5 Å². The summed E-state index contributed by atoms with van der Waals surface area (Å²) in [6.45, 7) is 2.44. The van der Waals surface area contributed by atoms with Crippen LogP contribution in [0.2, 0.25) is 0 Å². The summed E-state index contributed by atoms with van der Waals surface area (Å²) in [6.07, 6.45) is 1.50. The Morgan fingerprint density at radius 2 is 2.35 bits per heavy atom. The van der Waals surface area contributed by atoms with Gasteiger partial charge in [0.2, 0.25) is 0 Å². The Balaban J connectivity index is 2.16. The maximum absolute atomic E-state index is 12.2. The number of esters is 1. The minimum Gasteiger partial charge on any atom is -0.467 e. The van der Waals surface area contributed by atoms with Crippen LogP contribution in [-0.2, 0) is 9.53 Å². The number of thiazole rings is 1. The Kier molecular flexibility index (Phi) is 3.42. The van der Waals surface area contributed by atoms with Crippen LogP contribution < -0.4 is 0 Å². The molecule has 17 heavy (non-hydrogen) atoms. The Bertz CT molecular complexity index is 444. The van der Waals surface area contributed by atoms with E-state index in [1.54, 1.807) is 10.3 Å². The zero-order valence-corrected chi connectivity index (χ0v) is 10.6. The van der Waals surface area contributed by atoms with Gasteiger partial charge in [-0.25, -0.2) is 9.78 Å². The molecule has 1 saturated heterocycles. The lowest BCUT2D eigenvalue weighted by Gasteiger charge is -2.21. The fourth-order valence-corrected chi connectivity index (χ4v) is 2.59. The number of carbonyl (C=O) groups excluding carboxylic acids is 2. The van der Waals surface area contributed by atoms with Gasteiger partial charge in [0.15, 0.2) is 0 Å². The van der Waals surface area contributed by atoms with Gasteiger partial charge < -0.3 is 9.64 Å². The number of carbonyl (C=O) groups is 2. The molecule has 0 saturated carbocycles. The predicted octanol–water partition coefficient (Wildman–Crippen LogP) is 1.23. The van der Waals surface area contributed by atoms with Crippen molar-refractivity contribution in [2.45, 2.75) is 25.8 Å². The van der Waals surface area contributed by atoms with Crippen molar-refractivity contribution in [3.63, 3.8) is 0 Å². The zero-order valence-electron chi connectivity index (χ0n) is 9.80. The number of ether oxygens (including phenoxy) is 1. The molecule has 1 aliphatic rings. The lowest BCUT2D eigenvalue weighted by atomic mass is 10.2. The van der Waals surface area contributed by atoms with E-state index in [1.807, 2.05) is 6.92 Å². The van der Waals surface area contributed by atoms with Crippen LogP contribution in [0.4, 0.5) is 0 Å². The van der Waals surface area contributed by atoms with Gasteiger partial charge in [0.05, 0.1) is 12.1 Å². The molecule has 92 valence electrons. The van der Waals surface area contributed by atoms with Crippen molar-refractivity contribution in [2.24, 2.45) is 0 Å². The van der Waals surface area contributed by atoms with Gasteiger partial charge in [0.25, 0.3) is 5.91 Å². The first-order valence-electron chi connectivity index (χ1n) is 5.44. The Morgan fingerprint density at radius 1 is 1.59 bits per heavy atom. The molecular weight excluding hydrogens is 240 g/mol. The fourth-order valence-electron chi connectivity index (χ4n) is 2.00. The molecule has 1 aliphatic heterocycles. The molecule has 1 atom stereocenters. The van der Waals surface area contributed by atoms with E-state index in [4.69, 9.17) is 4.74 Å². The third-order valence-electron chi connectivity index (χ3n) is 2.83. The van der Waals surface area contributed by atoms with Gasteiger partial charge in [0, 0.05) is 11.9 Å². The molecular formula is C11H14N2O3S. The third kappa shape index (κ3) is 2.31. The summed E-state index contributed by atoms with van der Waals surface area (Å²) in [7, 11) is 1.34. The fraction of sp³-hybridized carbons (Fsp3) is 0.545. The highest BCUT2D eigenvalue weighted by Gasteiger charge is 2.35. The van der Waals surface area contributed by atoms with Gasteiger partial charge in [-0.05, 0) is 19.8 Å². The second-order valence-corrected chi connectivity index (χ2v) is 4.99. The molecule has 0 radical (unpaired) electrons. The maximum atomic E-state index is 12.2. The lowest BCUT2D eigenvalue weighted by Crippen LogP contribution is -2.41. The van der Waals surface area contributed by atoms with Gasteiger partial charge in [0.1, 0.15) is 11.7 Å². The van der Waals surface area contributed by atoms with Crippen LogP contribution >= 0.6 is 11.3 Å². The molecule has 1 aromatic rings. The molecule has 0 N–H and O–H groups in total. The minimum absolute atomic E-state index is 0.178. The van der Waals surface area contributed by atoms with Crippen molar-refractivity contribution in [3.05, 3.63) is 16.1 Å². The smallest absolute Gasteiger partial charge is 0.328 e. The summed E-state index contributed by atoms with van der Waals surface area (Å²) < 4.78 is 4.70. The van der Waals surface area contributed by atoms with E-state index in [-0.39, 0.29) is 11.9 Å². The predicted molar refractivity (Wildman–Crippen MR) is 62.9 cm³/mol. The number of amides is 1. The van der Waals surface area contributed by atoms with Crippen molar-refractivity contribution in [1.82, 2.24) is 9.88 Å². The van der Waals surface area contributed by atoms with Crippen molar-refractivity contribution >= 4 is 23.2 Å². The van der Waals surface area contributed by atoms with Gasteiger partial charge in [-0.1, -0.05) is 0 Å². The minimum atomic E-state index is -0.450. The number of hydrogen-bond donors (Lipinski definition) is 0. The van der Waals surface area contributed by atoms with Crippen molar-refractivity contribution < 1.29 is 14.3 Å². The van der Waals surface area contributed by atoms with Crippen LogP contribution in [0.5, 0.6) is 0 Å². The number of hydrogen-bond acceptors (Lipinski definition) is 5. The van der Waals surface area contributed by atoms with Crippen LogP contribution in [0.25, 0.3) is 0 Å². The number of aryl methyl sites for hydroxylation is 1. The van der Waals surface area contributed by atoms with Crippen LogP contribution in [0, 0.1) is 6.92 Å². The van der Waals surface area contributed by atoms with E-state index < -0.39 is 6.04 Å². The average molecular weight is 254 g/mol. The van der Waals surface area contributed by atoms with Gasteiger partial charge in [-0.15, -0.1) is 11.3 Å². The molecule has 0 aliphatic carbocycles. The molecule has 0 aromatic carbocycles. The summed E-state index contributed by atoms with van der Waals surface area (Å²) >= 11 is 1.43. The van der Waals surface area contributed by atoms with E-state index in [1.165, 1.54) is 18.4 Å². The number of nitrogens with zero attached hydrogens (tertiary/aromatic N) is 2. The first-order valence-corrected chi connectivity index (χ1v) is 6.32. The van der Waals surface area contributed by atoms with Gasteiger partial charge >= 0.3 is 5.97 Å². The van der Waals surface area contributed by atoms with Crippen LogP contribution in [0.3, 0.4) is 0 Å². The van der Waals surface area contributed by atoms with Gasteiger partial charge in [-0.2, -0.15) is 0 Å². The zero-order chi connectivity index (χ0) is 12.4. The molecule has 1 amide bonds. The molecule has 5 nitrogen and oxygen atoms in total. The van der Waals surface area contributed by atoms with E-state index in [0.717, 1.165) is 11.4 Å². The largest absolute Gasteiger partial charge is 0.467 e. The monoisotopic (exact) mass is 254 g/mol. The second kappa shape index (κ2) is 4.83. The quantitative estimate of drug-likeness (QED) is 0.745. The average Bonchev–Trinajstić information content (AvgIpc) is 2.95. The number of aromatic nitrogens is 1. The summed E-state index contributed by atoms with van der Waals surface area (Å²) in [5, 5.41) is 2.58. The van der Waals surface area contributed by atoms with E-state index in [0.29, 0.717) is 18.7 Å². The third-order valence-corrected chi connectivity index (χ3v) is 3.60. The van der Waals surface area contributed by atoms with E-state index in [2.05, 4.69) is 4.98 Å². The molecule has 2 heterocycles. The summed E-state index contributed by atoms with van der Waals surface area (Å²) in [6, 6.07) is -0.450. The summed E-state index contributed by atoms with van der Waals surface area (Å²) in [5.41, 5.74) is 0.420. The van der Waals surface area contributed by atoms with Crippen LogP contribution in [0.1, 0.15) is 28.3 Å². The maximum Gasteiger partial charge on any atom is 0.328 e. The highest BCUT2D eigenvalue weighted by Crippen LogP contribution is 2.21. The first kappa shape index (κ1) is 12.0. The summed E-state index contributed by atoms with van der Waals surface area (Å²) in [4.78, 5) is 29.4. The van der Waals surface area contributed by atoms with Gasteiger partial charge in [-0.3, -0.25) is 4.79 Å². The normalized spacial score (nSPS) is 19.4. The Labute approximate surface area is 103 Å². The molecule has 2 rings (SSSR count). The molecule has 0 bridgehead atoms. The van der Waals surface area contributed by atoms with E-state index >= 15 is 0 Å². The number of methoxy groups -OCH3 is 1. The first-order chi connectivity index (χ1) is 8.13. The van der Waals surface area contributed by atoms with Crippen LogP contribution in [0.15, 0.2) is 5.38 Å². The second-order valence-electron chi connectivity index (χ2n) is 3.93. The highest BCUT2D eigenvalue weighted by atomic mass is 32.1. The van der Waals surface area contributed by atoms with Crippen molar-refractivity contribution in [2.75, 3.05) is 13.7 Å². The molecule has 6 heteroatoms. The number of likely N-dealkylation sites (tertiary alicyclic amines) is 1. The lowest BCUT2D eigenvalue weighted by molar-refractivity contribution is -0.145. The van der Waals surface area contributed by atoms with E-state index in [9.17, 15) is 9.59 Å². The molecule has 1 aromatic heterocycles. The highest BCUT2D eigenvalue weighted by molar-refractivity contribution is 7.09. The molecule has 0 spiro atoms. The standard InChI is InChI=1S/C11H14N2O3S/c1-7-12-8(6-17-7)10(14)13-5-3-4-9(13)11(15)16-2/h6,9H,3-5H2,1-2H3. The van der Waals surface area contributed by atoms with Crippen molar-refractivity contribution in [3.8, 4) is 0 Å². The Hall–Kier alpha value is -1.43. The van der Waals surface area contributed by atoms with Crippen molar-refractivity contribution in [1.29, 1.82) is 0 Å². The molecule has 1 unspecified atom stereocenters. The SMILES string of the molecule is COC(=O)C1CCCN1C(=O)c1csc(C)n1.